The number of aromatic nitrogens is 1. The average molecular weight is 334 g/mol. The predicted molar refractivity (Wildman–Crippen MR) is 90.2 cm³/mol. The topological polar surface area (TPSA) is 63.1 Å². The molecule has 0 fully saturated rings. The van der Waals surface area contributed by atoms with Crippen molar-refractivity contribution < 1.29 is 8.42 Å². The first kappa shape index (κ1) is 18.5. The molecule has 1 heterocycles. The Balaban J connectivity index is 2.64. The van der Waals surface area contributed by atoms with Gasteiger partial charge in [0.2, 0.25) is 10.0 Å². The van der Waals surface area contributed by atoms with Gasteiger partial charge in [0, 0.05) is 37.3 Å². The molecule has 1 atom stereocenters. The van der Waals surface area contributed by atoms with E-state index in [0.717, 1.165) is 25.1 Å². The van der Waals surface area contributed by atoms with Gasteiger partial charge in [-0.1, -0.05) is 13.8 Å². The van der Waals surface area contributed by atoms with Crippen LogP contribution in [0.3, 0.4) is 0 Å². The van der Waals surface area contributed by atoms with Crippen LogP contribution in [-0.4, -0.2) is 37.6 Å². The van der Waals surface area contributed by atoms with Crippen molar-refractivity contribution in [2.45, 2.75) is 43.4 Å². The van der Waals surface area contributed by atoms with Crippen LogP contribution in [-0.2, 0) is 23.6 Å². The lowest BCUT2D eigenvalue weighted by molar-refractivity contribution is 0.579. The van der Waals surface area contributed by atoms with Crippen molar-refractivity contribution >= 4 is 21.8 Å². The lowest BCUT2D eigenvalue weighted by Gasteiger charge is -2.08. The molecule has 0 aliphatic rings. The number of nitrogens with zero attached hydrogens (tertiary/aromatic N) is 1. The first-order chi connectivity index (χ1) is 9.90. The van der Waals surface area contributed by atoms with Gasteiger partial charge >= 0.3 is 0 Å². The summed E-state index contributed by atoms with van der Waals surface area (Å²) in [6.45, 7) is 6.29. The highest BCUT2D eigenvalue weighted by Gasteiger charge is 2.17. The van der Waals surface area contributed by atoms with Crippen LogP contribution < -0.4 is 10.0 Å². The van der Waals surface area contributed by atoms with E-state index in [0.29, 0.717) is 23.2 Å². The summed E-state index contributed by atoms with van der Waals surface area (Å²) >= 11 is 1.74. The zero-order valence-corrected chi connectivity index (χ0v) is 15.0. The molecular weight excluding hydrogens is 306 g/mol. The van der Waals surface area contributed by atoms with E-state index < -0.39 is 10.0 Å². The Morgan fingerprint density at radius 1 is 1.38 bits per heavy atom. The molecule has 5 nitrogen and oxygen atoms in total. The Kier molecular flexibility index (Phi) is 7.79. The van der Waals surface area contributed by atoms with Gasteiger partial charge in [-0.3, -0.25) is 0 Å². The van der Waals surface area contributed by atoms with E-state index in [-0.39, 0.29) is 0 Å². The molecule has 0 saturated carbocycles. The van der Waals surface area contributed by atoms with Gasteiger partial charge in [-0.2, -0.15) is 11.8 Å². The molecule has 1 aromatic heterocycles. The number of hydrogen-bond acceptors (Lipinski definition) is 4. The molecule has 0 aromatic carbocycles. The minimum Gasteiger partial charge on any atom is -0.352 e. The molecule has 0 radical (unpaired) electrons. The zero-order valence-electron chi connectivity index (χ0n) is 13.3. The second kappa shape index (κ2) is 8.82. The summed E-state index contributed by atoms with van der Waals surface area (Å²) in [6.07, 6.45) is 5.60. The highest BCUT2D eigenvalue weighted by Crippen LogP contribution is 2.14. The standard InChI is InChI=1S/C14H27N3O2S2/c1-5-7-15-10-13-9-14(11-17(13)3)21(18,19)16-8-6-12(2)20-4/h9,11-12,15-16H,5-8,10H2,1-4H3. The van der Waals surface area contributed by atoms with Gasteiger partial charge in [0.1, 0.15) is 0 Å². The van der Waals surface area contributed by atoms with Gasteiger partial charge < -0.3 is 9.88 Å². The highest BCUT2D eigenvalue weighted by atomic mass is 32.2. The molecule has 0 amide bonds. The van der Waals surface area contributed by atoms with Crippen LogP contribution in [0.25, 0.3) is 0 Å². The third-order valence-corrected chi connectivity index (χ3v) is 5.84. The normalized spacial score (nSPS) is 13.5. The van der Waals surface area contributed by atoms with Crippen LogP contribution in [0.5, 0.6) is 0 Å². The average Bonchev–Trinajstić information content (AvgIpc) is 2.81. The van der Waals surface area contributed by atoms with E-state index in [4.69, 9.17) is 0 Å². The summed E-state index contributed by atoms with van der Waals surface area (Å²) in [6, 6.07) is 1.74. The number of nitrogens with one attached hydrogen (secondary N) is 2. The minimum absolute atomic E-state index is 0.343. The van der Waals surface area contributed by atoms with E-state index in [1.807, 2.05) is 17.9 Å². The Morgan fingerprint density at radius 2 is 2.10 bits per heavy atom. The summed E-state index contributed by atoms with van der Waals surface area (Å²) in [5.41, 5.74) is 0.973. The SMILES string of the molecule is CCCNCc1cc(S(=O)(=O)NCCC(C)SC)cn1C. The molecule has 0 aliphatic carbocycles. The number of aryl methyl sites for hydroxylation is 1. The molecule has 0 saturated heterocycles. The lowest BCUT2D eigenvalue weighted by Crippen LogP contribution is -2.26. The molecule has 0 spiro atoms. The molecular formula is C14H27N3O2S2. The van der Waals surface area contributed by atoms with Crippen LogP contribution in [0.4, 0.5) is 0 Å². The second-order valence-electron chi connectivity index (χ2n) is 5.19. The third kappa shape index (κ3) is 6.02. The van der Waals surface area contributed by atoms with Crippen molar-refractivity contribution in [3.8, 4) is 0 Å². The number of thioether (sulfide) groups is 1. The molecule has 0 bridgehead atoms. The maximum absolute atomic E-state index is 12.2. The Morgan fingerprint density at radius 3 is 2.71 bits per heavy atom. The fourth-order valence-electron chi connectivity index (χ4n) is 1.89. The van der Waals surface area contributed by atoms with Crippen molar-refractivity contribution in [3.05, 3.63) is 18.0 Å². The third-order valence-electron chi connectivity index (χ3n) is 3.37. The molecule has 122 valence electrons. The van der Waals surface area contributed by atoms with Crippen molar-refractivity contribution in [2.75, 3.05) is 19.3 Å². The van der Waals surface area contributed by atoms with Gasteiger partial charge in [0.05, 0.1) is 4.90 Å². The van der Waals surface area contributed by atoms with Crippen LogP contribution >= 0.6 is 11.8 Å². The number of sulfonamides is 1. The quantitative estimate of drug-likeness (QED) is 0.642. The number of hydrogen-bond donors (Lipinski definition) is 2. The smallest absolute Gasteiger partial charge is 0.242 e. The Hall–Kier alpha value is -0.500. The lowest BCUT2D eigenvalue weighted by atomic mass is 10.3. The van der Waals surface area contributed by atoms with Crippen molar-refractivity contribution in [1.82, 2.24) is 14.6 Å². The summed E-state index contributed by atoms with van der Waals surface area (Å²) < 4.78 is 29.0. The summed E-state index contributed by atoms with van der Waals surface area (Å²) in [7, 11) is -1.53. The maximum atomic E-state index is 12.2. The van der Waals surface area contributed by atoms with Crippen LogP contribution in [0.1, 0.15) is 32.4 Å². The van der Waals surface area contributed by atoms with E-state index in [1.54, 1.807) is 24.0 Å². The van der Waals surface area contributed by atoms with Crippen LogP contribution in [0, 0.1) is 0 Å². The molecule has 7 heteroatoms. The first-order valence-electron chi connectivity index (χ1n) is 7.29. The summed E-state index contributed by atoms with van der Waals surface area (Å²) in [5.74, 6) is 0. The number of rotatable bonds is 10. The van der Waals surface area contributed by atoms with Gasteiger partial charge in [0.25, 0.3) is 0 Å². The predicted octanol–water partition coefficient (Wildman–Crippen LogP) is 1.94. The minimum atomic E-state index is -3.40. The molecule has 0 aliphatic heterocycles. The van der Waals surface area contributed by atoms with Gasteiger partial charge in [-0.05, 0) is 31.7 Å². The fraction of sp³-hybridized carbons (Fsp3) is 0.714. The fourth-order valence-corrected chi connectivity index (χ4v) is 3.39. The molecule has 1 aromatic rings. The van der Waals surface area contributed by atoms with E-state index in [9.17, 15) is 8.42 Å². The Bertz CT molecular complexity index is 526. The monoisotopic (exact) mass is 333 g/mol. The summed E-state index contributed by atoms with van der Waals surface area (Å²) in [4.78, 5) is 0.343. The van der Waals surface area contributed by atoms with Crippen LogP contribution in [0.2, 0.25) is 0 Å². The molecule has 1 rings (SSSR count). The maximum Gasteiger partial charge on any atom is 0.242 e. The molecule has 1 unspecified atom stereocenters. The van der Waals surface area contributed by atoms with Crippen molar-refractivity contribution in [3.63, 3.8) is 0 Å². The van der Waals surface area contributed by atoms with Gasteiger partial charge in [0.15, 0.2) is 0 Å². The van der Waals surface area contributed by atoms with E-state index in [1.165, 1.54) is 0 Å². The second-order valence-corrected chi connectivity index (χ2v) is 8.23. The van der Waals surface area contributed by atoms with Gasteiger partial charge in [-0.15, -0.1) is 0 Å². The molecule has 21 heavy (non-hydrogen) atoms. The van der Waals surface area contributed by atoms with Crippen molar-refractivity contribution in [1.29, 1.82) is 0 Å². The first-order valence-corrected chi connectivity index (χ1v) is 10.1. The van der Waals surface area contributed by atoms with Crippen LogP contribution in [0.15, 0.2) is 17.2 Å². The Labute approximate surface area is 132 Å². The summed E-state index contributed by atoms with van der Waals surface area (Å²) in [5, 5.41) is 3.74. The largest absolute Gasteiger partial charge is 0.352 e. The zero-order chi connectivity index (χ0) is 15.9. The van der Waals surface area contributed by atoms with Gasteiger partial charge in [-0.25, -0.2) is 13.1 Å². The van der Waals surface area contributed by atoms with Crippen molar-refractivity contribution in [2.24, 2.45) is 7.05 Å². The molecule has 2 N–H and O–H groups in total. The van der Waals surface area contributed by atoms with E-state index in [2.05, 4.69) is 23.9 Å². The highest BCUT2D eigenvalue weighted by molar-refractivity contribution is 7.99. The van der Waals surface area contributed by atoms with E-state index >= 15 is 0 Å².